The summed E-state index contributed by atoms with van der Waals surface area (Å²) in [7, 11) is 0. The maximum Gasteiger partial charge on any atom is 0.311 e. The number of rotatable bonds is 4. The number of nitrogens with zero attached hydrogens (tertiary/aromatic N) is 1. The second-order valence-electron chi connectivity index (χ2n) is 5.69. The molecule has 1 aliphatic rings. The number of nitrogens with one attached hydrogen (secondary N) is 1. The second kappa shape index (κ2) is 6.03. The summed E-state index contributed by atoms with van der Waals surface area (Å²) in [5, 5.41) is 12.3. The van der Waals surface area contributed by atoms with E-state index in [4.69, 9.17) is 0 Å². The fourth-order valence-electron chi connectivity index (χ4n) is 2.64. The van der Waals surface area contributed by atoms with Crippen molar-refractivity contribution < 1.29 is 14.7 Å². The molecular weight excluding hydrogens is 256 g/mol. The number of amides is 1. The number of carbonyl (C=O) groups is 2. The van der Waals surface area contributed by atoms with Gasteiger partial charge in [-0.25, -0.2) is 0 Å². The molecule has 5 heteroatoms. The van der Waals surface area contributed by atoms with Gasteiger partial charge in [0, 0.05) is 24.5 Å². The van der Waals surface area contributed by atoms with Gasteiger partial charge in [0.2, 0.25) is 0 Å². The van der Waals surface area contributed by atoms with Crippen LogP contribution in [-0.2, 0) is 4.79 Å². The molecule has 5 nitrogen and oxygen atoms in total. The van der Waals surface area contributed by atoms with E-state index in [-0.39, 0.29) is 12.5 Å². The normalized spacial score (nSPS) is 25.9. The number of pyridine rings is 1. The van der Waals surface area contributed by atoms with Crippen LogP contribution in [0.2, 0.25) is 0 Å². The van der Waals surface area contributed by atoms with Gasteiger partial charge in [-0.15, -0.1) is 0 Å². The zero-order valence-corrected chi connectivity index (χ0v) is 11.6. The fourth-order valence-corrected chi connectivity index (χ4v) is 2.64. The molecule has 0 atom stereocenters. The van der Waals surface area contributed by atoms with Crippen LogP contribution in [0.25, 0.3) is 0 Å². The number of hydrogen-bond donors (Lipinski definition) is 2. The zero-order valence-electron chi connectivity index (χ0n) is 11.6. The molecule has 2 N–H and O–H groups in total. The van der Waals surface area contributed by atoms with E-state index < -0.39 is 11.4 Å². The van der Waals surface area contributed by atoms with Gasteiger partial charge in [-0.05, 0) is 43.7 Å². The van der Waals surface area contributed by atoms with Gasteiger partial charge in [0.1, 0.15) is 0 Å². The molecule has 0 spiro atoms. The lowest BCUT2D eigenvalue weighted by atomic mass is 9.71. The van der Waals surface area contributed by atoms with Crippen LogP contribution in [0.3, 0.4) is 0 Å². The summed E-state index contributed by atoms with van der Waals surface area (Å²) in [5.74, 6) is -0.482. The average Bonchev–Trinajstić information content (AvgIpc) is 2.47. The first-order valence-corrected chi connectivity index (χ1v) is 6.95. The largest absolute Gasteiger partial charge is 0.481 e. The van der Waals surface area contributed by atoms with Crippen LogP contribution < -0.4 is 5.32 Å². The van der Waals surface area contributed by atoms with Gasteiger partial charge in [-0.3, -0.25) is 14.6 Å². The summed E-state index contributed by atoms with van der Waals surface area (Å²) in [6.45, 7) is 2.33. The van der Waals surface area contributed by atoms with Gasteiger partial charge in [0.25, 0.3) is 5.91 Å². The molecular formula is C15H20N2O3. The Labute approximate surface area is 118 Å². The lowest BCUT2D eigenvalue weighted by Crippen LogP contribution is -2.45. The van der Waals surface area contributed by atoms with E-state index >= 15 is 0 Å². The topological polar surface area (TPSA) is 79.3 Å². The third-order valence-corrected chi connectivity index (χ3v) is 4.21. The highest BCUT2D eigenvalue weighted by atomic mass is 16.4. The summed E-state index contributed by atoms with van der Waals surface area (Å²) in [6.07, 6.45) is 6.14. The molecule has 1 amide bonds. The van der Waals surface area contributed by atoms with Gasteiger partial charge < -0.3 is 10.4 Å². The van der Waals surface area contributed by atoms with Crippen molar-refractivity contribution in [1.29, 1.82) is 0 Å². The van der Waals surface area contributed by atoms with E-state index in [1.807, 2.05) is 0 Å². The monoisotopic (exact) mass is 276 g/mol. The van der Waals surface area contributed by atoms with Gasteiger partial charge in [-0.2, -0.15) is 0 Å². The van der Waals surface area contributed by atoms with Gasteiger partial charge in [0.05, 0.1) is 5.41 Å². The van der Waals surface area contributed by atoms with Crippen molar-refractivity contribution in [3.05, 3.63) is 30.1 Å². The van der Waals surface area contributed by atoms with Gasteiger partial charge in [-0.1, -0.05) is 6.92 Å². The van der Waals surface area contributed by atoms with Crippen LogP contribution in [0.4, 0.5) is 0 Å². The Morgan fingerprint density at radius 2 is 1.95 bits per heavy atom. The van der Waals surface area contributed by atoms with Crippen LogP contribution >= 0.6 is 0 Å². The SMILES string of the molecule is CC1CCC(CNC(=O)c2ccncc2)(C(=O)O)CC1. The molecule has 1 aromatic heterocycles. The maximum atomic E-state index is 12.0. The minimum absolute atomic E-state index is 0.191. The van der Waals surface area contributed by atoms with Crippen molar-refractivity contribution in [2.45, 2.75) is 32.6 Å². The molecule has 0 radical (unpaired) electrons. The van der Waals surface area contributed by atoms with Crippen molar-refractivity contribution in [2.24, 2.45) is 11.3 Å². The molecule has 1 fully saturated rings. The molecule has 0 aliphatic heterocycles. The molecule has 2 rings (SSSR count). The summed E-state index contributed by atoms with van der Waals surface area (Å²) in [4.78, 5) is 27.4. The third kappa shape index (κ3) is 3.15. The van der Waals surface area contributed by atoms with Crippen molar-refractivity contribution in [3.63, 3.8) is 0 Å². The number of carboxylic acids is 1. The standard InChI is InChI=1S/C15H20N2O3/c1-11-2-6-15(7-3-11,14(19)20)10-17-13(18)12-4-8-16-9-5-12/h4-5,8-9,11H,2-3,6-7,10H2,1H3,(H,17,18)(H,19,20). The predicted molar refractivity (Wildman–Crippen MR) is 74.3 cm³/mol. The van der Waals surface area contributed by atoms with Crippen LogP contribution in [0.5, 0.6) is 0 Å². The minimum atomic E-state index is -0.810. The second-order valence-corrected chi connectivity index (χ2v) is 5.69. The molecule has 20 heavy (non-hydrogen) atoms. The zero-order chi connectivity index (χ0) is 14.6. The molecule has 0 unspecified atom stereocenters. The minimum Gasteiger partial charge on any atom is -0.481 e. The van der Waals surface area contributed by atoms with E-state index in [2.05, 4.69) is 17.2 Å². The summed E-state index contributed by atoms with van der Waals surface area (Å²) < 4.78 is 0. The first-order chi connectivity index (χ1) is 9.53. The molecule has 0 bridgehead atoms. The van der Waals surface area contributed by atoms with E-state index in [0.29, 0.717) is 24.3 Å². The molecule has 1 aromatic rings. The number of hydrogen-bond acceptors (Lipinski definition) is 3. The quantitative estimate of drug-likeness (QED) is 0.882. The lowest BCUT2D eigenvalue weighted by molar-refractivity contribution is -0.151. The van der Waals surface area contributed by atoms with E-state index in [1.54, 1.807) is 24.5 Å². The van der Waals surface area contributed by atoms with E-state index in [1.165, 1.54) is 0 Å². The highest BCUT2D eigenvalue weighted by Gasteiger charge is 2.41. The number of aliphatic carboxylic acids is 1. The Morgan fingerprint density at radius 1 is 1.35 bits per heavy atom. The first-order valence-electron chi connectivity index (χ1n) is 6.95. The summed E-state index contributed by atoms with van der Waals surface area (Å²) in [6, 6.07) is 3.23. The Hall–Kier alpha value is -1.91. The van der Waals surface area contributed by atoms with Gasteiger partial charge >= 0.3 is 5.97 Å². The van der Waals surface area contributed by atoms with Crippen molar-refractivity contribution in [3.8, 4) is 0 Å². The molecule has 1 saturated carbocycles. The Bertz CT molecular complexity index is 479. The third-order valence-electron chi connectivity index (χ3n) is 4.21. The highest BCUT2D eigenvalue weighted by Crippen LogP contribution is 2.38. The van der Waals surface area contributed by atoms with Crippen LogP contribution in [0, 0.1) is 11.3 Å². The van der Waals surface area contributed by atoms with Crippen LogP contribution in [0.1, 0.15) is 43.0 Å². The van der Waals surface area contributed by atoms with E-state index in [0.717, 1.165) is 12.8 Å². The molecule has 0 aromatic carbocycles. The Morgan fingerprint density at radius 3 is 2.50 bits per heavy atom. The maximum absolute atomic E-state index is 12.0. The van der Waals surface area contributed by atoms with Gasteiger partial charge in [0.15, 0.2) is 0 Å². The average molecular weight is 276 g/mol. The van der Waals surface area contributed by atoms with Crippen molar-refractivity contribution in [2.75, 3.05) is 6.54 Å². The smallest absolute Gasteiger partial charge is 0.311 e. The van der Waals surface area contributed by atoms with Crippen LogP contribution in [0.15, 0.2) is 24.5 Å². The molecule has 0 saturated heterocycles. The number of aromatic nitrogens is 1. The van der Waals surface area contributed by atoms with E-state index in [9.17, 15) is 14.7 Å². The van der Waals surface area contributed by atoms with Crippen molar-refractivity contribution in [1.82, 2.24) is 10.3 Å². The Balaban J connectivity index is 2.00. The number of carbonyl (C=O) groups excluding carboxylic acids is 1. The molecule has 1 heterocycles. The summed E-state index contributed by atoms with van der Waals surface area (Å²) >= 11 is 0. The predicted octanol–water partition coefficient (Wildman–Crippen LogP) is 2.09. The lowest BCUT2D eigenvalue weighted by Gasteiger charge is -2.35. The molecule has 108 valence electrons. The fraction of sp³-hybridized carbons (Fsp3) is 0.533. The summed E-state index contributed by atoms with van der Waals surface area (Å²) in [5.41, 5.74) is -0.306. The first kappa shape index (κ1) is 14.5. The van der Waals surface area contributed by atoms with Crippen LogP contribution in [-0.4, -0.2) is 28.5 Å². The van der Waals surface area contributed by atoms with Crippen molar-refractivity contribution >= 4 is 11.9 Å². The highest BCUT2D eigenvalue weighted by molar-refractivity contribution is 5.94. The Kier molecular flexibility index (Phi) is 4.37. The number of carboxylic acid groups (broad SMARTS) is 1. The molecule has 1 aliphatic carbocycles.